The van der Waals surface area contributed by atoms with Gasteiger partial charge in [-0.3, -0.25) is 16.5 Å². The van der Waals surface area contributed by atoms with Crippen molar-refractivity contribution < 1.29 is 49.3 Å². The number of rotatable bonds is 13. The van der Waals surface area contributed by atoms with E-state index < -0.39 is 0 Å². The van der Waals surface area contributed by atoms with Crippen molar-refractivity contribution in [2.24, 2.45) is 16.8 Å². The van der Waals surface area contributed by atoms with Gasteiger partial charge in [0.15, 0.2) is 28.8 Å². The monoisotopic (exact) mass is 1160 g/mol. The summed E-state index contributed by atoms with van der Waals surface area (Å²) in [5.74, 6) is 11.2. The average Bonchev–Trinajstić information content (AvgIpc) is 3.83. The standard InChI is InChI=1S/C23H20Br2N2O4.C23H18Br2O5.C2H6O.H4N2/c1-2-30-14-7-9-16(10-8-14)31-15-5-3-13(4-6-15)18-12-19(27-26-18)17-11-20(28)23(29)22(25)21(17)24;1-2-29-16-8-10-18(11-9-16)30-17-6-3-14(4-7-17)19(26)12-5-15-13-20(27)23(28)22(25)21(15)24;1-2-3;1-2/h3-11,19,27-29H,2,12H2,1H3;3-13,27-28H,2H2,1H3;3H,2H2,1H3;1-2H2/b;12-5+;;. The number of hydrogen-bond donors (Lipinski definition) is 8. The predicted molar refractivity (Wildman–Crippen MR) is 270 cm³/mol. The number of aliphatic hydroxyl groups excluding tert-OH is 1. The molecule has 0 amide bonds. The summed E-state index contributed by atoms with van der Waals surface area (Å²) in [5.41, 5.74) is 6.82. The molecule has 348 valence electrons. The van der Waals surface area contributed by atoms with Crippen molar-refractivity contribution in [2.45, 2.75) is 33.2 Å². The molecular formula is C48H48Br4N4O10. The highest BCUT2D eigenvalue weighted by Gasteiger charge is 2.26. The second-order valence-electron chi connectivity index (χ2n) is 13.4. The minimum atomic E-state index is -0.284. The number of halogens is 4. The molecule has 6 aromatic rings. The number of aliphatic hydroxyl groups is 1. The quantitative estimate of drug-likeness (QED) is 0.0177. The molecule has 6 aromatic carbocycles. The van der Waals surface area contributed by atoms with Gasteiger partial charge in [0.2, 0.25) is 0 Å². The van der Waals surface area contributed by atoms with Crippen molar-refractivity contribution in [3.05, 3.63) is 155 Å². The van der Waals surface area contributed by atoms with Gasteiger partial charge in [-0.2, -0.15) is 5.10 Å². The molecule has 1 atom stereocenters. The molecule has 66 heavy (non-hydrogen) atoms. The summed E-state index contributed by atoms with van der Waals surface area (Å²) in [7, 11) is 0. The Morgan fingerprint density at radius 3 is 1.53 bits per heavy atom. The van der Waals surface area contributed by atoms with Crippen molar-refractivity contribution in [1.82, 2.24) is 5.43 Å². The molecule has 18 heteroatoms. The molecule has 0 aromatic heterocycles. The van der Waals surface area contributed by atoms with Gasteiger partial charge in [0, 0.05) is 27.5 Å². The number of nitrogens with two attached hydrogens (primary N) is 2. The van der Waals surface area contributed by atoms with Gasteiger partial charge >= 0.3 is 0 Å². The van der Waals surface area contributed by atoms with Gasteiger partial charge in [-0.1, -0.05) is 0 Å². The number of phenolic OH excluding ortho intramolecular Hbond substituents is 4. The number of hydrogen-bond acceptors (Lipinski definition) is 14. The molecule has 1 aliphatic heterocycles. The normalized spacial score (nSPS) is 12.5. The molecule has 0 radical (unpaired) electrons. The summed E-state index contributed by atoms with van der Waals surface area (Å²) < 4.78 is 24.5. The maximum absolute atomic E-state index is 12.5. The highest BCUT2D eigenvalue weighted by Crippen LogP contribution is 2.45. The van der Waals surface area contributed by atoms with E-state index in [0.29, 0.717) is 60.2 Å². The molecule has 14 nitrogen and oxygen atoms in total. The molecule has 1 unspecified atom stereocenters. The number of nitrogens with one attached hydrogen (secondary N) is 1. The summed E-state index contributed by atoms with van der Waals surface area (Å²) in [6, 6.07) is 32.1. The van der Waals surface area contributed by atoms with Gasteiger partial charge in [-0.15, -0.1) is 0 Å². The van der Waals surface area contributed by atoms with Crippen molar-refractivity contribution in [3.63, 3.8) is 0 Å². The Bertz CT molecular complexity index is 2580. The molecule has 0 saturated heterocycles. The van der Waals surface area contributed by atoms with Crippen molar-refractivity contribution >= 4 is 81.3 Å². The number of ether oxygens (including phenoxy) is 4. The fourth-order valence-corrected chi connectivity index (χ4v) is 7.78. The summed E-state index contributed by atoms with van der Waals surface area (Å²) in [4.78, 5) is 12.5. The van der Waals surface area contributed by atoms with Crippen LogP contribution in [0.4, 0.5) is 0 Å². The Morgan fingerprint density at radius 2 is 1.06 bits per heavy atom. The fraction of sp³-hybridized carbons (Fsp3) is 0.167. The molecule has 0 spiro atoms. The Labute approximate surface area is 416 Å². The molecule has 7 rings (SSSR count). The van der Waals surface area contributed by atoms with Crippen LogP contribution in [0.5, 0.6) is 57.5 Å². The lowest BCUT2D eigenvalue weighted by molar-refractivity contribution is 0.104. The third-order valence-corrected chi connectivity index (χ3v) is 13.3. The highest BCUT2D eigenvalue weighted by molar-refractivity contribution is 9.13. The number of benzene rings is 6. The van der Waals surface area contributed by atoms with E-state index in [0.717, 1.165) is 39.8 Å². The Kier molecular flexibility index (Phi) is 21.3. The second kappa shape index (κ2) is 26.5. The van der Waals surface area contributed by atoms with Crippen LogP contribution in [0, 0.1) is 0 Å². The molecule has 0 saturated carbocycles. The highest BCUT2D eigenvalue weighted by atomic mass is 79.9. The largest absolute Gasteiger partial charge is 0.504 e. The maximum Gasteiger partial charge on any atom is 0.185 e. The average molecular weight is 1160 g/mol. The van der Waals surface area contributed by atoms with E-state index >= 15 is 0 Å². The number of phenols is 4. The lowest BCUT2D eigenvalue weighted by Gasteiger charge is -2.15. The lowest BCUT2D eigenvalue weighted by Crippen LogP contribution is -2.11. The number of hydrazone groups is 1. The van der Waals surface area contributed by atoms with E-state index in [1.54, 1.807) is 37.3 Å². The predicted octanol–water partition coefficient (Wildman–Crippen LogP) is 11.8. The van der Waals surface area contributed by atoms with Crippen molar-refractivity contribution in [1.29, 1.82) is 0 Å². The number of nitrogens with zero attached hydrogens (tertiary/aromatic N) is 1. The van der Waals surface area contributed by atoms with Crippen LogP contribution in [0.1, 0.15) is 60.3 Å². The number of allylic oxidation sites excluding steroid dienone is 1. The van der Waals surface area contributed by atoms with E-state index in [2.05, 4.69) is 85.9 Å². The first-order chi connectivity index (χ1) is 31.8. The van der Waals surface area contributed by atoms with Gasteiger partial charge in [0.1, 0.15) is 34.5 Å². The van der Waals surface area contributed by atoms with Crippen LogP contribution in [-0.4, -0.2) is 56.8 Å². The van der Waals surface area contributed by atoms with Gasteiger partial charge in [0.05, 0.1) is 33.9 Å². The van der Waals surface area contributed by atoms with Crippen molar-refractivity contribution in [2.75, 3.05) is 19.8 Å². The number of carbonyl (C=O) groups is 1. The molecule has 0 aliphatic carbocycles. The Hall–Kier alpha value is -5.60. The summed E-state index contributed by atoms with van der Waals surface area (Å²) in [6.07, 6.45) is 3.58. The van der Waals surface area contributed by atoms with E-state index in [9.17, 15) is 25.2 Å². The van der Waals surface area contributed by atoms with Crippen LogP contribution in [0.15, 0.2) is 138 Å². The first-order valence-electron chi connectivity index (χ1n) is 20.1. The third-order valence-electron chi connectivity index (χ3n) is 8.99. The second-order valence-corrected chi connectivity index (χ2v) is 16.6. The zero-order chi connectivity index (χ0) is 48.3. The molecule has 10 N–H and O–H groups in total. The SMILES string of the molecule is CCO.CCOc1ccc(Oc2ccc(C(=O)/C=C/c3cc(O)c(O)c(Br)c3Br)cc2)cc1.CCOc1ccc(Oc2ccc(C3=NNC(c4cc(O)c(O)c(Br)c4Br)C3)cc2)cc1.NN. The molecular weight excluding hydrogens is 1110 g/mol. The third kappa shape index (κ3) is 14.7. The van der Waals surface area contributed by atoms with Crippen LogP contribution in [0.3, 0.4) is 0 Å². The summed E-state index contributed by atoms with van der Waals surface area (Å²) >= 11 is 13.3. The molecule has 1 heterocycles. The summed E-state index contributed by atoms with van der Waals surface area (Å²) in [5, 5.41) is 51.3. The number of carbonyl (C=O) groups excluding carboxylic acids is 1. The van der Waals surface area contributed by atoms with Gasteiger partial charge in [-0.05, 0) is 223 Å². The number of hydrazine groups is 1. The van der Waals surface area contributed by atoms with Crippen LogP contribution in [0.25, 0.3) is 6.08 Å². The first-order valence-corrected chi connectivity index (χ1v) is 23.2. The van der Waals surface area contributed by atoms with E-state index in [-0.39, 0.29) is 41.4 Å². The van der Waals surface area contributed by atoms with E-state index in [4.69, 9.17) is 24.1 Å². The minimum absolute atomic E-state index is 0.132. The number of ketones is 1. The number of aromatic hydroxyl groups is 4. The fourth-order valence-electron chi connectivity index (χ4n) is 5.90. The Balaban J connectivity index is 0.000000263. The van der Waals surface area contributed by atoms with Crippen LogP contribution < -0.4 is 36.1 Å². The van der Waals surface area contributed by atoms with E-state index in [1.807, 2.05) is 86.6 Å². The lowest BCUT2D eigenvalue weighted by atomic mass is 9.99. The smallest absolute Gasteiger partial charge is 0.185 e. The van der Waals surface area contributed by atoms with Crippen LogP contribution >= 0.6 is 63.7 Å². The first kappa shape index (κ1) is 53.0. The summed E-state index contributed by atoms with van der Waals surface area (Å²) in [6.45, 7) is 7.04. The van der Waals surface area contributed by atoms with Gasteiger partial charge < -0.3 is 49.9 Å². The van der Waals surface area contributed by atoms with Gasteiger partial charge in [0.25, 0.3) is 0 Å². The van der Waals surface area contributed by atoms with Crippen molar-refractivity contribution in [3.8, 4) is 57.5 Å². The Morgan fingerprint density at radius 1 is 0.652 bits per heavy atom. The van der Waals surface area contributed by atoms with Crippen LogP contribution in [-0.2, 0) is 0 Å². The topological polar surface area (TPSA) is 232 Å². The molecule has 1 aliphatic rings. The minimum Gasteiger partial charge on any atom is -0.504 e. The molecule has 0 bridgehead atoms. The van der Waals surface area contributed by atoms with Gasteiger partial charge in [-0.25, -0.2) is 0 Å². The van der Waals surface area contributed by atoms with Crippen LogP contribution in [0.2, 0.25) is 0 Å². The molecule has 0 fully saturated rings. The zero-order valence-electron chi connectivity index (χ0n) is 35.8. The maximum atomic E-state index is 12.5. The zero-order valence-corrected chi connectivity index (χ0v) is 42.2. The van der Waals surface area contributed by atoms with E-state index in [1.165, 1.54) is 18.2 Å².